The molecular weight excluding hydrogens is 301 g/mol. The Kier molecular flexibility index (Phi) is 8.73. The summed E-state index contributed by atoms with van der Waals surface area (Å²) >= 11 is 0. The van der Waals surface area contributed by atoms with Crippen molar-refractivity contribution in [3.05, 3.63) is 30.1 Å². The fraction of sp³-hybridized carbons (Fsp3) is 0.538. The molecule has 1 aromatic heterocycles. The van der Waals surface area contributed by atoms with E-state index in [1.54, 1.807) is 29.4 Å². The summed E-state index contributed by atoms with van der Waals surface area (Å²) < 4.78 is 0. The number of aliphatic hydroxyl groups is 1. The molecular formula is C13H21Cl2N3O2. The standard InChI is InChI=1S/C13H19N3O2.2ClH/c14-11(12(17)10-4-6-15-7-5-10)13(18)16-8-2-1-3-9-16;;/h4-7,11-12,17H,1-3,8-9,14H2;2*1H. The quantitative estimate of drug-likeness (QED) is 0.879. The van der Waals surface area contributed by atoms with Gasteiger partial charge < -0.3 is 15.7 Å². The number of rotatable bonds is 3. The molecule has 1 amide bonds. The number of piperidine rings is 1. The van der Waals surface area contributed by atoms with Crippen LogP contribution in [0.1, 0.15) is 30.9 Å². The number of hydrogen-bond acceptors (Lipinski definition) is 4. The predicted molar refractivity (Wildman–Crippen MR) is 82.1 cm³/mol. The van der Waals surface area contributed by atoms with Crippen LogP contribution in [0.4, 0.5) is 0 Å². The van der Waals surface area contributed by atoms with Crippen LogP contribution in [-0.2, 0) is 4.79 Å². The number of aliphatic hydroxyl groups excluding tert-OH is 1. The van der Waals surface area contributed by atoms with Crippen molar-refractivity contribution >= 4 is 30.7 Å². The van der Waals surface area contributed by atoms with Gasteiger partial charge in [0, 0.05) is 25.5 Å². The first-order valence-electron chi connectivity index (χ1n) is 6.32. The van der Waals surface area contributed by atoms with Gasteiger partial charge >= 0.3 is 0 Å². The summed E-state index contributed by atoms with van der Waals surface area (Å²) in [6.07, 6.45) is 5.38. The van der Waals surface area contributed by atoms with E-state index >= 15 is 0 Å². The van der Waals surface area contributed by atoms with E-state index in [-0.39, 0.29) is 30.7 Å². The van der Waals surface area contributed by atoms with Crippen molar-refractivity contribution in [1.82, 2.24) is 9.88 Å². The summed E-state index contributed by atoms with van der Waals surface area (Å²) in [7, 11) is 0. The molecule has 2 rings (SSSR count). The third-order valence-corrected chi connectivity index (χ3v) is 3.34. The van der Waals surface area contributed by atoms with Crippen LogP contribution >= 0.6 is 24.8 Å². The number of carbonyl (C=O) groups is 1. The molecule has 2 unspecified atom stereocenters. The lowest BCUT2D eigenvalue weighted by Crippen LogP contribution is -2.48. The molecule has 0 spiro atoms. The normalized spacial score (nSPS) is 17.4. The highest BCUT2D eigenvalue weighted by Gasteiger charge is 2.28. The Labute approximate surface area is 131 Å². The zero-order valence-electron chi connectivity index (χ0n) is 11.1. The fourth-order valence-electron chi connectivity index (χ4n) is 2.23. The number of carbonyl (C=O) groups excluding carboxylic acids is 1. The van der Waals surface area contributed by atoms with Gasteiger partial charge in [-0.05, 0) is 37.0 Å². The number of nitrogens with two attached hydrogens (primary N) is 1. The SMILES string of the molecule is Cl.Cl.NC(C(=O)N1CCCCC1)C(O)c1ccncc1. The van der Waals surface area contributed by atoms with Crippen LogP contribution in [0.15, 0.2) is 24.5 Å². The molecule has 0 aromatic carbocycles. The molecule has 1 aromatic rings. The van der Waals surface area contributed by atoms with Crippen molar-refractivity contribution in [2.75, 3.05) is 13.1 Å². The molecule has 1 aliphatic heterocycles. The van der Waals surface area contributed by atoms with Gasteiger partial charge in [0.15, 0.2) is 0 Å². The van der Waals surface area contributed by atoms with Gasteiger partial charge in [0.05, 0.1) is 0 Å². The van der Waals surface area contributed by atoms with E-state index in [0.29, 0.717) is 5.56 Å². The van der Waals surface area contributed by atoms with Crippen LogP contribution in [0, 0.1) is 0 Å². The molecule has 0 bridgehead atoms. The van der Waals surface area contributed by atoms with Crippen molar-refractivity contribution in [1.29, 1.82) is 0 Å². The Bertz CT molecular complexity index is 400. The number of hydrogen-bond donors (Lipinski definition) is 2. The van der Waals surface area contributed by atoms with E-state index in [4.69, 9.17) is 5.73 Å². The molecule has 1 aliphatic rings. The molecule has 1 fully saturated rings. The van der Waals surface area contributed by atoms with Crippen molar-refractivity contribution in [3.8, 4) is 0 Å². The highest BCUT2D eigenvalue weighted by molar-refractivity contribution is 5.85. The second-order valence-electron chi connectivity index (χ2n) is 4.64. The fourth-order valence-corrected chi connectivity index (χ4v) is 2.23. The van der Waals surface area contributed by atoms with Crippen molar-refractivity contribution < 1.29 is 9.90 Å². The molecule has 0 aliphatic carbocycles. The summed E-state index contributed by atoms with van der Waals surface area (Å²) in [5, 5.41) is 10.1. The number of amides is 1. The Hall–Kier alpha value is -0.880. The lowest BCUT2D eigenvalue weighted by Gasteiger charge is -2.30. The third-order valence-electron chi connectivity index (χ3n) is 3.34. The maximum absolute atomic E-state index is 12.1. The smallest absolute Gasteiger partial charge is 0.242 e. The van der Waals surface area contributed by atoms with Crippen LogP contribution in [0.3, 0.4) is 0 Å². The van der Waals surface area contributed by atoms with E-state index in [9.17, 15) is 9.90 Å². The first-order valence-corrected chi connectivity index (χ1v) is 6.32. The summed E-state index contributed by atoms with van der Waals surface area (Å²) in [5.74, 6) is -0.168. The van der Waals surface area contributed by atoms with Gasteiger partial charge in [0.25, 0.3) is 0 Å². The van der Waals surface area contributed by atoms with Crippen molar-refractivity contribution in [2.24, 2.45) is 5.73 Å². The Morgan fingerprint density at radius 1 is 1.20 bits per heavy atom. The molecule has 1 saturated heterocycles. The molecule has 3 N–H and O–H groups in total. The molecule has 0 saturated carbocycles. The topological polar surface area (TPSA) is 79.5 Å². The van der Waals surface area contributed by atoms with Gasteiger partial charge in [-0.2, -0.15) is 0 Å². The molecule has 2 heterocycles. The minimum atomic E-state index is -0.970. The Morgan fingerprint density at radius 2 is 1.75 bits per heavy atom. The minimum Gasteiger partial charge on any atom is -0.386 e. The molecule has 2 atom stereocenters. The maximum atomic E-state index is 12.1. The lowest BCUT2D eigenvalue weighted by molar-refractivity contribution is -0.136. The molecule has 0 radical (unpaired) electrons. The number of halogens is 2. The zero-order chi connectivity index (χ0) is 13.0. The monoisotopic (exact) mass is 321 g/mol. The third kappa shape index (κ3) is 4.59. The predicted octanol–water partition coefficient (Wildman–Crippen LogP) is 1.30. The summed E-state index contributed by atoms with van der Waals surface area (Å²) in [5.41, 5.74) is 6.49. The Morgan fingerprint density at radius 3 is 2.30 bits per heavy atom. The zero-order valence-corrected chi connectivity index (χ0v) is 12.8. The van der Waals surface area contributed by atoms with Gasteiger partial charge in [0.1, 0.15) is 12.1 Å². The van der Waals surface area contributed by atoms with Crippen LogP contribution < -0.4 is 5.73 Å². The van der Waals surface area contributed by atoms with Crippen LogP contribution in [0.5, 0.6) is 0 Å². The van der Waals surface area contributed by atoms with E-state index < -0.39 is 12.1 Å². The summed E-state index contributed by atoms with van der Waals surface area (Å²) in [4.78, 5) is 17.8. The second kappa shape index (κ2) is 9.13. The largest absolute Gasteiger partial charge is 0.386 e. The van der Waals surface area contributed by atoms with Gasteiger partial charge in [-0.1, -0.05) is 0 Å². The highest BCUT2D eigenvalue weighted by Crippen LogP contribution is 2.18. The van der Waals surface area contributed by atoms with Crippen LogP contribution in [-0.4, -0.2) is 40.0 Å². The number of pyridine rings is 1. The summed E-state index contributed by atoms with van der Waals surface area (Å²) in [6, 6.07) is 2.45. The van der Waals surface area contributed by atoms with Crippen molar-refractivity contribution in [3.63, 3.8) is 0 Å². The molecule has 114 valence electrons. The van der Waals surface area contributed by atoms with Crippen LogP contribution in [0.25, 0.3) is 0 Å². The minimum absolute atomic E-state index is 0. The number of nitrogens with zero attached hydrogens (tertiary/aromatic N) is 2. The number of aromatic nitrogens is 1. The first-order chi connectivity index (χ1) is 8.70. The summed E-state index contributed by atoms with van der Waals surface area (Å²) in [6.45, 7) is 1.49. The average molecular weight is 322 g/mol. The van der Waals surface area contributed by atoms with E-state index in [0.717, 1.165) is 32.4 Å². The molecule has 20 heavy (non-hydrogen) atoms. The van der Waals surface area contributed by atoms with Gasteiger partial charge in [0.2, 0.25) is 5.91 Å². The van der Waals surface area contributed by atoms with Gasteiger partial charge in [-0.3, -0.25) is 9.78 Å². The van der Waals surface area contributed by atoms with Gasteiger partial charge in [-0.15, -0.1) is 24.8 Å². The lowest BCUT2D eigenvalue weighted by atomic mass is 10.0. The second-order valence-corrected chi connectivity index (χ2v) is 4.64. The van der Waals surface area contributed by atoms with Crippen molar-refractivity contribution in [2.45, 2.75) is 31.4 Å². The van der Waals surface area contributed by atoms with Crippen LogP contribution in [0.2, 0.25) is 0 Å². The Balaban J connectivity index is 0.00000180. The molecule has 5 nitrogen and oxygen atoms in total. The first kappa shape index (κ1) is 19.1. The van der Waals surface area contributed by atoms with Gasteiger partial charge in [-0.25, -0.2) is 0 Å². The molecule has 7 heteroatoms. The van der Waals surface area contributed by atoms with E-state index in [2.05, 4.69) is 4.98 Å². The van der Waals surface area contributed by atoms with E-state index in [1.807, 2.05) is 0 Å². The average Bonchev–Trinajstić information content (AvgIpc) is 2.47. The number of likely N-dealkylation sites (tertiary alicyclic amines) is 1. The highest BCUT2D eigenvalue weighted by atomic mass is 35.5. The maximum Gasteiger partial charge on any atom is 0.242 e. The van der Waals surface area contributed by atoms with E-state index in [1.165, 1.54) is 0 Å².